The van der Waals surface area contributed by atoms with E-state index >= 15 is 0 Å². The van der Waals surface area contributed by atoms with Gasteiger partial charge in [-0.25, -0.2) is 0 Å². The van der Waals surface area contributed by atoms with Crippen molar-refractivity contribution in [1.82, 2.24) is 0 Å². The van der Waals surface area contributed by atoms with Crippen LogP contribution in [0.5, 0.6) is 5.75 Å². The largest absolute Gasteiger partial charge is 0.506 e. The fourth-order valence-corrected chi connectivity index (χ4v) is 2.24. The molecule has 1 aliphatic carbocycles. The minimum atomic E-state index is -0.599. The van der Waals surface area contributed by atoms with E-state index in [2.05, 4.69) is 0 Å². The van der Waals surface area contributed by atoms with Gasteiger partial charge in [-0.05, 0) is 24.8 Å². The molecule has 0 bridgehead atoms. The molecule has 1 saturated carbocycles. The molecule has 0 unspecified atom stereocenters. The van der Waals surface area contributed by atoms with Crippen LogP contribution in [0, 0.1) is 5.92 Å². The van der Waals surface area contributed by atoms with E-state index in [1.165, 1.54) is 0 Å². The molecule has 0 radical (unpaired) electrons. The van der Waals surface area contributed by atoms with Gasteiger partial charge in [0.1, 0.15) is 5.75 Å². The summed E-state index contributed by atoms with van der Waals surface area (Å²) in [5, 5.41) is 20.1. The van der Waals surface area contributed by atoms with Gasteiger partial charge in [-0.1, -0.05) is 30.2 Å². The Kier molecular flexibility index (Phi) is 5.07. The maximum absolute atomic E-state index is 10.0. The van der Waals surface area contributed by atoms with Crippen LogP contribution in [0.4, 0.5) is 0 Å². The minimum absolute atomic E-state index is 0. The van der Waals surface area contributed by atoms with Gasteiger partial charge < -0.3 is 15.9 Å². The monoisotopic (exact) mass is 277 g/mol. The molecule has 2 atom stereocenters. The second-order valence-corrected chi connectivity index (χ2v) is 4.79. The van der Waals surface area contributed by atoms with Crippen molar-refractivity contribution in [1.29, 1.82) is 0 Å². The normalized spacial score (nSPS) is 19.0. The number of halogens is 2. The number of phenols is 1. The summed E-state index contributed by atoms with van der Waals surface area (Å²) < 4.78 is 0. The summed E-state index contributed by atoms with van der Waals surface area (Å²) in [5.41, 5.74) is 6.47. The van der Waals surface area contributed by atoms with Crippen LogP contribution >= 0.6 is 24.0 Å². The number of benzene rings is 1. The lowest BCUT2D eigenvalue weighted by molar-refractivity contribution is 0.0408. The van der Waals surface area contributed by atoms with E-state index in [0.717, 1.165) is 19.3 Å². The van der Waals surface area contributed by atoms with E-state index in [1.54, 1.807) is 18.2 Å². The molecule has 5 heteroatoms. The number of hydrogen-bond donors (Lipinski definition) is 3. The molecule has 0 spiro atoms. The lowest BCUT2D eigenvalue weighted by Gasteiger charge is -2.34. The van der Waals surface area contributed by atoms with Crippen molar-refractivity contribution in [3.63, 3.8) is 0 Å². The standard InChI is InChI=1S/C12H16ClNO2.ClH/c13-9-6-2-5-8(12(9)16)10(14)11(15)7-3-1-4-7;/h2,5-7,10-11,15-16H,1,3-4,14H2;1H/t10-,11+;/m0./s1. The maximum atomic E-state index is 10.0. The van der Waals surface area contributed by atoms with Crippen molar-refractivity contribution >= 4 is 24.0 Å². The van der Waals surface area contributed by atoms with Gasteiger partial charge in [0, 0.05) is 5.56 Å². The van der Waals surface area contributed by atoms with Crippen molar-refractivity contribution in [3.8, 4) is 5.75 Å². The molecule has 1 fully saturated rings. The fraction of sp³-hybridized carbons (Fsp3) is 0.500. The molecular weight excluding hydrogens is 261 g/mol. The Bertz CT molecular complexity index is 383. The third-order valence-electron chi connectivity index (χ3n) is 3.38. The van der Waals surface area contributed by atoms with Crippen LogP contribution in [0.15, 0.2) is 18.2 Å². The SMILES string of the molecule is Cl.N[C@@H](c1cccc(Cl)c1O)[C@H](O)C1CCC1. The predicted octanol–water partition coefficient (Wildman–Crippen LogP) is 2.63. The number of hydrogen-bond acceptors (Lipinski definition) is 3. The molecule has 3 nitrogen and oxygen atoms in total. The number of phenolic OH excluding ortho intramolecular Hbond substituents is 1. The van der Waals surface area contributed by atoms with Gasteiger partial charge in [0.05, 0.1) is 17.2 Å². The van der Waals surface area contributed by atoms with Crippen LogP contribution in [0.3, 0.4) is 0 Å². The van der Waals surface area contributed by atoms with Crippen LogP contribution < -0.4 is 5.73 Å². The molecule has 1 aromatic carbocycles. The smallest absolute Gasteiger partial charge is 0.139 e. The summed E-state index contributed by atoms with van der Waals surface area (Å²) in [4.78, 5) is 0. The Hall–Kier alpha value is -0.480. The third-order valence-corrected chi connectivity index (χ3v) is 3.68. The molecule has 4 N–H and O–H groups in total. The van der Waals surface area contributed by atoms with E-state index in [0.29, 0.717) is 5.56 Å². The Balaban J connectivity index is 0.00000144. The zero-order valence-electron chi connectivity index (χ0n) is 9.34. The Morgan fingerprint density at radius 3 is 2.53 bits per heavy atom. The summed E-state index contributed by atoms with van der Waals surface area (Å²) in [6, 6.07) is 4.46. The van der Waals surface area contributed by atoms with E-state index in [9.17, 15) is 10.2 Å². The number of para-hydroxylation sites is 1. The first-order valence-corrected chi connectivity index (χ1v) is 5.90. The number of aliphatic hydroxyl groups is 1. The van der Waals surface area contributed by atoms with Crippen molar-refractivity contribution < 1.29 is 10.2 Å². The van der Waals surface area contributed by atoms with Crippen LogP contribution in [-0.4, -0.2) is 16.3 Å². The molecule has 96 valence electrons. The second kappa shape index (κ2) is 5.91. The quantitative estimate of drug-likeness (QED) is 0.796. The predicted molar refractivity (Wildman–Crippen MR) is 70.6 cm³/mol. The topological polar surface area (TPSA) is 66.5 Å². The molecule has 2 rings (SSSR count). The Labute approximate surface area is 112 Å². The summed E-state index contributed by atoms with van der Waals surface area (Å²) in [6.45, 7) is 0. The third kappa shape index (κ3) is 2.86. The lowest BCUT2D eigenvalue weighted by Crippen LogP contribution is -2.36. The molecule has 0 aliphatic heterocycles. The lowest BCUT2D eigenvalue weighted by atomic mass is 9.77. The first-order chi connectivity index (χ1) is 7.61. The van der Waals surface area contributed by atoms with Gasteiger partial charge in [0.25, 0.3) is 0 Å². The zero-order chi connectivity index (χ0) is 11.7. The molecule has 0 amide bonds. The van der Waals surface area contributed by atoms with Gasteiger partial charge in [-0.2, -0.15) is 0 Å². The molecule has 17 heavy (non-hydrogen) atoms. The second-order valence-electron chi connectivity index (χ2n) is 4.39. The van der Waals surface area contributed by atoms with Crippen LogP contribution in [0.1, 0.15) is 30.9 Å². The van der Waals surface area contributed by atoms with Crippen molar-refractivity contribution in [2.24, 2.45) is 11.7 Å². The number of aliphatic hydroxyl groups excluding tert-OH is 1. The van der Waals surface area contributed by atoms with E-state index in [4.69, 9.17) is 17.3 Å². The van der Waals surface area contributed by atoms with E-state index in [1.807, 2.05) is 0 Å². The number of rotatable bonds is 3. The average Bonchev–Trinajstić information content (AvgIpc) is 2.18. The fourth-order valence-electron chi connectivity index (χ4n) is 2.06. The van der Waals surface area contributed by atoms with Gasteiger partial charge >= 0.3 is 0 Å². The van der Waals surface area contributed by atoms with E-state index < -0.39 is 12.1 Å². The van der Waals surface area contributed by atoms with Crippen LogP contribution in [0.25, 0.3) is 0 Å². The summed E-state index contributed by atoms with van der Waals surface area (Å²) >= 11 is 5.80. The molecule has 0 heterocycles. The molecule has 1 aliphatic rings. The Morgan fingerprint density at radius 2 is 2.00 bits per heavy atom. The molecule has 0 saturated heterocycles. The number of aromatic hydroxyl groups is 1. The molecule has 0 aromatic heterocycles. The Morgan fingerprint density at radius 1 is 1.35 bits per heavy atom. The highest BCUT2D eigenvalue weighted by Gasteiger charge is 2.31. The van der Waals surface area contributed by atoms with E-state index in [-0.39, 0.29) is 29.1 Å². The van der Waals surface area contributed by atoms with Crippen molar-refractivity contribution in [3.05, 3.63) is 28.8 Å². The van der Waals surface area contributed by atoms with Crippen LogP contribution in [-0.2, 0) is 0 Å². The van der Waals surface area contributed by atoms with Crippen molar-refractivity contribution in [2.45, 2.75) is 31.4 Å². The summed E-state index contributed by atoms with van der Waals surface area (Å²) in [6.07, 6.45) is 2.57. The minimum Gasteiger partial charge on any atom is -0.506 e. The summed E-state index contributed by atoms with van der Waals surface area (Å²) in [7, 11) is 0. The highest BCUT2D eigenvalue weighted by atomic mass is 35.5. The summed E-state index contributed by atoms with van der Waals surface area (Å²) in [5.74, 6) is 0.239. The molecular formula is C12H17Cl2NO2. The average molecular weight is 278 g/mol. The first-order valence-electron chi connectivity index (χ1n) is 5.52. The zero-order valence-corrected chi connectivity index (χ0v) is 10.9. The van der Waals surface area contributed by atoms with Crippen LogP contribution in [0.2, 0.25) is 5.02 Å². The van der Waals surface area contributed by atoms with Gasteiger partial charge in [-0.15, -0.1) is 12.4 Å². The van der Waals surface area contributed by atoms with Crippen molar-refractivity contribution in [2.75, 3.05) is 0 Å². The first kappa shape index (κ1) is 14.6. The van der Waals surface area contributed by atoms with Gasteiger partial charge in [0.2, 0.25) is 0 Å². The van der Waals surface area contributed by atoms with Gasteiger partial charge in [-0.3, -0.25) is 0 Å². The van der Waals surface area contributed by atoms with Gasteiger partial charge in [0.15, 0.2) is 0 Å². The maximum Gasteiger partial charge on any atom is 0.139 e. The highest BCUT2D eigenvalue weighted by Crippen LogP contribution is 2.38. The number of nitrogens with two attached hydrogens (primary N) is 1. The highest BCUT2D eigenvalue weighted by molar-refractivity contribution is 6.32. The molecule has 1 aromatic rings.